The number of amides is 1. The molecule has 4 rings (SSSR count). The molecule has 0 atom stereocenters. The van der Waals surface area contributed by atoms with E-state index in [9.17, 15) is 9.18 Å². The zero-order valence-corrected chi connectivity index (χ0v) is 16.1. The molecule has 1 N–H and O–H groups in total. The average molecular weight is 410 g/mol. The molecule has 0 radical (unpaired) electrons. The zero-order valence-electron chi connectivity index (χ0n) is 15.3. The Morgan fingerprint density at radius 3 is 2.76 bits per heavy atom. The average Bonchev–Trinajstić information content (AvgIpc) is 3.37. The van der Waals surface area contributed by atoms with Gasteiger partial charge in [0.1, 0.15) is 18.2 Å². The third-order valence-electron chi connectivity index (χ3n) is 3.97. The van der Waals surface area contributed by atoms with Crippen molar-refractivity contribution in [3.63, 3.8) is 0 Å². The molecule has 1 amide bonds. The number of benzene rings is 2. The van der Waals surface area contributed by atoms with Crippen LogP contribution in [0.3, 0.4) is 0 Å². The molecular formula is C20H15FN4O3S. The van der Waals surface area contributed by atoms with Crippen LogP contribution in [0, 0.1) is 12.7 Å². The predicted octanol–water partition coefficient (Wildman–Crippen LogP) is 4.47. The van der Waals surface area contributed by atoms with Gasteiger partial charge in [-0.3, -0.25) is 10.1 Å². The van der Waals surface area contributed by atoms with Gasteiger partial charge in [0.15, 0.2) is 22.9 Å². The molecule has 0 saturated heterocycles. The van der Waals surface area contributed by atoms with Gasteiger partial charge in [-0.1, -0.05) is 41.2 Å². The van der Waals surface area contributed by atoms with E-state index in [0.717, 1.165) is 12.0 Å². The second-order valence-electron chi connectivity index (χ2n) is 6.07. The first kappa shape index (κ1) is 18.8. The summed E-state index contributed by atoms with van der Waals surface area (Å²) in [6, 6.07) is 13.6. The van der Waals surface area contributed by atoms with Crippen molar-refractivity contribution in [3.8, 4) is 17.1 Å². The summed E-state index contributed by atoms with van der Waals surface area (Å²) in [5, 5.41) is 11.4. The van der Waals surface area contributed by atoms with Crippen molar-refractivity contribution in [2.45, 2.75) is 13.5 Å². The van der Waals surface area contributed by atoms with Crippen LogP contribution in [0.2, 0.25) is 0 Å². The van der Waals surface area contributed by atoms with E-state index in [1.807, 2.05) is 31.2 Å². The van der Waals surface area contributed by atoms with E-state index >= 15 is 0 Å². The highest BCUT2D eigenvalue weighted by atomic mass is 32.1. The van der Waals surface area contributed by atoms with Crippen LogP contribution in [-0.2, 0) is 6.61 Å². The summed E-state index contributed by atoms with van der Waals surface area (Å²) in [4.78, 5) is 16.5. The van der Waals surface area contributed by atoms with Crippen molar-refractivity contribution >= 4 is 22.4 Å². The molecule has 0 bridgehead atoms. The lowest BCUT2D eigenvalue weighted by atomic mass is 10.1. The molecule has 7 nitrogen and oxygen atoms in total. The minimum atomic E-state index is -0.570. The molecule has 0 aliphatic rings. The lowest BCUT2D eigenvalue weighted by molar-refractivity contribution is 0.102. The number of hydrogen-bond acceptors (Lipinski definition) is 7. The van der Waals surface area contributed by atoms with Gasteiger partial charge in [0.05, 0.1) is 5.56 Å². The van der Waals surface area contributed by atoms with E-state index in [0.29, 0.717) is 10.8 Å². The van der Waals surface area contributed by atoms with Gasteiger partial charge in [-0.15, -0.1) is 10.2 Å². The number of nitrogens with zero attached hydrogens (tertiary/aromatic N) is 3. The van der Waals surface area contributed by atoms with Crippen molar-refractivity contribution in [3.05, 3.63) is 77.0 Å². The Kier molecular flexibility index (Phi) is 5.30. The minimum Gasteiger partial charge on any atom is -0.486 e. The van der Waals surface area contributed by atoms with Crippen LogP contribution in [0.1, 0.15) is 21.1 Å². The fourth-order valence-electron chi connectivity index (χ4n) is 2.54. The van der Waals surface area contributed by atoms with Crippen LogP contribution < -0.4 is 10.1 Å². The molecule has 0 saturated carbocycles. The van der Waals surface area contributed by atoms with Crippen molar-refractivity contribution in [1.29, 1.82) is 0 Å². The summed E-state index contributed by atoms with van der Waals surface area (Å²) in [5.41, 5.74) is 1.25. The van der Waals surface area contributed by atoms with Crippen molar-refractivity contribution in [2.75, 3.05) is 5.32 Å². The Labute approximate surface area is 169 Å². The first-order chi connectivity index (χ1) is 14.1. The Hall–Kier alpha value is -3.59. The summed E-state index contributed by atoms with van der Waals surface area (Å²) in [6.45, 7) is 2.22. The Bertz CT molecular complexity index is 1140. The monoisotopic (exact) mass is 410 g/mol. The van der Waals surface area contributed by atoms with E-state index in [4.69, 9.17) is 9.15 Å². The van der Waals surface area contributed by atoms with Crippen molar-refractivity contribution in [1.82, 2.24) is 15.2 Å². The van der Waals surface area contributed by atoms with E-state index in [1.54, 1.807) is 12.1 Å². The fourth-order valence-corrected chi connectivity index (χ4v) is 3.19. The standard InChI is InChI=1S/C20H15FN4O3S/c1-12-6-8-13(9-7-12)27-10-16-24-25-20(29-16)23-19(26)17-18(28-11-22-17)14-4-2-3-5-15(14)21/h2-9,11H,10H2,1H3,(H,23,25,26). The number of halogens is 1. The highest BCUT2D eigenvalue weighted by molar-refractivity contribution is 7.15. The molecule has 0 spiro atoms. The highest BCUT2D eigenvalue weighted by Gasteiger charge is 2.21. The number of nitrogens with one attached hydrogen (secondary N) is 1. The molecule has 0 aliphatic heterocycles. The third-order valence-corrected chi connectivity index (χ3v) is 4.78. The molecule has 0 aliphatic carbocycles. The second kappa shape index (κ2) is 8.19. The minimum absolute atomic E-state index is 0.0391. The van der Waals surface area contributed by atoms with Gasteiger partial charge in [0, 0.05) is 0 Å². The molecule has 2 aromatic heterocycles. The van der Waals surface area contributed by atoms with Crippen LogP contribution in [0.4, 0.5) is 9.52 Å². The van der Waals surface area contributed by atoms with Gasteiger partial charge in [0.25, 0.3) is 5.91 Å². The number of oxazole rings is 1. The van der Waals surface area contributed by atoms with Crippen LogP contribution in [-0.4, -0.2) is 21.1 Å². The number of aryl methyl sites for hydroxylation is 1. The largest absolute Gasteiger partial charge is 0.486 e. The number of rotatable bonds is 6. The van der Waals surface area contributed by atoms with E-state index in [1.165, 1.54) is 23.5 Å². The maximum absolute atomic E-state index is 14.0. The van der Waals surface area contributed by atoms with Gasteiger partial charge < -0.3 is 9.15 Å². The molecular weight excluding hydrogens is 395 g/mol. The molecule has 2 heterocycles. The van der Waals surface area contributed by atoms with Gasteiger partial charge >= 0.3 is 0 Å². The Morgan fingerprint density at radius 2 is 1.97 bits per heavy atom. The highest BCUT2D eigenvalue weighted by Crippen LogP contribution is 2.27. The van der Waals surface area contributed by atoms with E-state index < -0.39 is 11.7 Å². The summed E-state index contributed by atoms with van der Waals surface area (Å²) in [6.07, 6.45) is 1.09. The third kappa shape index (κ3) is 4.30. The Morgan fingerprint density at radius 1 is 1.17 bits per heavy atom. The smallest absolute Gasteiger partial charge is 0.280 e. The first-order valence-corrected chi connectivity index (χ1v) is 9.43. The number of anilines is 1. The van der Waals surface area contributed by atoms with Gasteiger partial charge in [-0.05, 0) is 31.2 Å². The van der Waals surface area contributed by atoms with Crippen molar-refractivity contribution in [2.24, 2.45) is 0 Å². The lowest BCUT2D eigenvalue weighted by Crippen LogP contribution is -2.13. The molecule has 146 valence electrons. The molecule has 9 heteroatoms. The van der Waals surface area contributed by atoms with Gasteiger partial charge in [0.2, 0.25) is 5.13 Å². The molecule has 2 aromatic carbocycles. The number of carbonyl (C=O) groups is 1. The van der Waals surface area contributed by atoms with E-state index in [-0.39, 0.29) is 28.8 Å². The fraction of sp³-hybridized carbons (Fsp3) is 0.100. The molecule has 0 fully saturated rings. The SMILES string of the molecule is Cc1ccc(OCc2nnc(NC(=O)c3ncoc3-c3ccccc3F)s2)cc1. The summed E-state index contributed by atoms with van der Waals surface area (Å²) in [5.74, 6) is -0.314. The van der Waals surface area contributed by atoms with Crippen LogP contribution in [0.25, 0.3) is 11.3 Å². The molecule has 0 unspecified atom stereocenters. The number of carbonyl (C=O) groups excluding carboxylic acids is 1. The number of hydrogen-bond donors (Lipinski definition) is 1. The summed E-state index contributed by atoms with van der Waals surface area (Å²) >= 11 is 1.17. The van der Waals surface area contributed by atoms with E-state index in [2.05, 4.69) is 20.5 Å². The summed E-state index contributed by atoms with van der Waals surface area (Å²) in [7, 11) is 0. The summed E-state index contributed by atoms with van der Waals surface area (Å²) < 4.78 is 24.9. The normalized spacial score (nSPS) is 10.7. The van der Waals surface area contributed by atoms with Gasteiger partial charge in [-0.25, -0.2) is 9.37 Å². The zero-order chi connectivity index (χ0) is 20.2. The van der Waals surface area contributed by atoms with Crippen LogP contribution in [0.15, 0.2) is 59.3 Å². The molecule has 4 aromatic rings. The second-order valence-corrected chi connectivity index (χ2v) is 7.13. The maximum Gasteiger partial charge on any atom is 0.280 e. The lowest BCUT2D eigenvalue weighted by Gasteiger charge is -2.03. The van der Waals surface area contributed by atoms with Crippen molar-refractivity contribution < 1.29 is 18.3 Å². The Balaban J connectivity index is 1.43. The van der Waals surface area contributed by atoms with Gasteiger partial charge in [-0.2, -0.15) is 0 Å². The van der Waals surface area contributed by atoms with Crippen LogP contribution in [0.5, 0.6) is 5.75 Å². The van der Waals surface area contributed by atoms with Crippen LogP contribution >= 0.6 is 11.3 Å². The molecule has 29 heavy (non-hydrogen) atoms. The number of aromatic nitrogens is 3. The number of ether oxygens (including phenoxy) is 1. The predicted molar refractivity (Wildman–Crippen MR) is 105 cm³/mol. The quantitative estimate of drug-likeness (QED) is 0.504. The first-order valence-electron chi connectivity index (χ1n) is 8.62. The topological polar surface area (TPSA) is 90.1 Å². The maximum atomic E-state index is 14.0.